The standard InChI is InChI=1S/C26H31BrO5/c27-25-21-13-26(12-20(21)11-22(25)28)31-23(16-29-14-18-7-3-1-4-8-18)24(32-26)17-30-15-19-9-5-2-6-10-19/h1-10,20-25,28H,11-17H2/t20-,21+,22-,23-,24-,25-/m0/s1. The van der Waals surface area contributed by atoms with E-state index in [-0.39, 0.29) is 23.1 Å². The Balaban J connectivity index is 1.21. The zero-order valence-corrected chi connectivity index (χ0v) is 19.7. The highest BCUT2D eigenvalue weighted by Crippen LogP contribution is 2.55. The van der Waals surface area contributed by atoms with Crippen molar-refractivity contribution in [1.29, 1.82) is 0 Å². The molecule has 1 heterocycles. The molecule has 1 spiro atoms. The van der Waals surface area contributed by atoms with Crippen molar-refractivity contribution in [2.45, 2.75) is 61.4 Å². The Morgan fingerprint density at radius 1 is 0.844 bits per heavy atom. The van der Waals surface area contributed by atoms with Crippen molar-refractivity contribution < 1.29 is 24.1 Å². The number of fused-ring (bicyclic) bond motifs is 1. The van der Waals surface area contributed by atoms with E-state index < -0.39 is 5.79 Å². The number of aliphatic hydroxyl groups excluding tert-OH is 1. The van der Waals surface area contributed by atoms with E-state index in [0.717, 1.165) is 30.4 Å². The largest absolute Gasteiger partial charge is 0.392 e. The molecule has 0 bridgehead atoms. The van der Waals surface area contributed by atoms with Crippen molar-refractivity contribution >= 4 is 15.9 Å². The van der Waals surface area contributed by atoms with Gasteiger partial charge in [0, 0.05) is 17.7 Å². The summed E-state index contributed by atoms with van der Waals surface area (Å²) in [6, 6.07) is 20.3. The zero-order valence-electron chi connectivity index (χ0n) is 18.1. The molecule has 32 heavy (non-hydrogen) atoms. The van der Waals surface area contributed by atoms with Crippen molar-refractivity contribution in [2.24, 2.45) is 11.8 Å². The normalized spacial score (nSPS) is 33.1. The first-order chi connectivity index (χ1) is 15.6. The minimum absolute atomic E-state index is 0.111. The number of hydrogen-bond acceptors (Lipinski definition) is 5. The summed E-state index contributed by atoms with van der Waals surface area (Å²) >= 11 is 3.70. The molecule has 5 nitrogen and oxygen atoms in total. The molecular weight excluding hydrogens is 472 g/mol. The summed E-state index contributed by atoms with van der Waals surface area (Å²) < 4.78 is 25.2. The maximum absolute atomic E-state index is 10.2. The van der Waals surface area contributed by atoms with Gasteiger partial charge in [-0.25, -0.2) is 0 Å². The van der Waals surface area contributed by atoms with Gasteiger partial charge in [-0.1, -0.05) is 76.6 Å². The number of rotatable bonds is 8. The predicted molar refractivity (Wildman–Crippen MR) is 124 cm³/mol. The van der Waals surface area contributed by atoms with E-state index in [0.29, 0.717) is 38.3 Å². The fourth-order valence-corrected chi connectivity index (χ4v) is 6.29. The Morgan fingerprint density at radius 2 is 1.38 bits per heavy atom. The Morgan fingerprint density at radius 3 is 1.88 bits per heavy atom. The van der Waals surface area contributed by atoms with E-state index in [1.165, 1.54) is 0 Å². The third-order valence-electron chi connectivity index (χ3n) is 6.98. The first kappa shape index (κ1) is 22.5. The number of ether oxygens (including phenoxy) is 4. The number of hydrogen-bond donors (Lipinski definition) is 1. The molecule has 0 unspecified atom stereocenters. The average molecular weight is 503 g/mol. The summed E-state index contributed by atoms with van der Waals surface area (Å²) in [6.07, 6.45) is 1.80. The molecule has 0 radical (unpaired) electrons. The quantitative estimate of drug-likeness (QED) is 0.540. The molecule has 2 aromatic rings. The molecule has 0 amide bonds. The van der Waals surface area contributed by atoms with Crippen LogP contribution in [0.3, 0.4) is 0 Å². The minimum atomic E-state index is -0.594. The second kappa shape index (κ2) is 9.92. The zero-order chi connectivity index (χ0) is 22.0. The lowest BCUT2D eigenvalue weighted by Crippen LogP contribution is -2.31. The second-order valence-electron chi connectivity index (χ2n) is 9.30. The SMILES string of the molecule is O[C@H]1C[C@H]2CC3(C[C@H]2[C@@H]1Br)O[C@@H](COCc1ccccc1)[C@H](COCc1ccccc1)O3. The molecule has 2 saturated carbocycles. The fraction of sp³-hybridized carbons (Fsp3) is 0.538. The van der Waals surface area contributed by atoms with Gasteiger partial charge in [0.2, 0.25) is 0 Å². The number of alkyl halides is 1. The fourth-order valence-electron chi connectivity index (χ4n) is 5.46. The van der Waals surface area contributed by atoms with E-state index in [1.807, 2.05) is 36.4 Å². The first-order valence-corrected chi connectivity index (χ1v) is 12.4. The highest BCUT2D eigenvalue weighted by atomic mass is 79.9. The molecule has 1 aliphatic heterocycles. The molecule has 1 saturated heterocycles. The van der Waals surface area contributed by atoms with Gasteiger partial charge in [0.05, 0.1) is 32.5 Å². The maximum atomic E-state index is 10.2. The van der Waals surface area contributed by atoms with Crippen LogP contribution < -0.4 is 0 Å². The van der Waals surface area contributed by atoms with Gasteiger partial charge < -0.3 is 24.1 Å². The third kappa shape index (κ3) is 4.96. The summed E-state index contributed by atoms with van der Waals surface area (Å²) in [7, 11) is 0. The minimum Gasteiger partial charge on any atom is -0.392 e. The highest BCUT2D eigenvalue weighted by molar-refractivity contribution is 9.09. The van der Waals surface area contributed by atoms with E-state index >= 15 is 0 Å². The van der Waals surface area contributed by atoms with Crippen LogP contribution in [0.25, 0.3) is 0 Å². The number of benzene rings is 2. The lowest BCUT2D eigenvalue weighted by atomic mass is 10.0. The number of aliphatic hydroxyl groups is 1. The lowest BCUT2D eigenvalue weighted by Gasteiger charge is -2.25. The van der Waals surface area contributed by atoms with Gasteiger partial charge in [-0.15, -0.1) is 0 Å². The average Bonchev–Trinajstić information content (AvgIpc) is 3.41. The Labute approximate surface area is 198 Å². The van der Waals surface area contributed by atoms with Gasteiger partial charge in [-0.05, 0) is 29.4 Å². The smallest absolute Gasteiger partial charge is 0.170 e. The molecule has 6 heteroatoms. The third-order valence-corrected chi connectivity index (χ3v) is 8.27. The summed E-state index contributed by atoms with van der Waals surface area (Å²) in [5.74, 6) is 0.201. The van der Waals surface area contributed by atoms with E-state index in [1.54, 1.807) is 0 Å². The summed E-state index contributed by atoms with van der Waals surface area (Å²) in [5, 5.41) is 10.2. The van der Waals surface area contributed by atoms with Crippen LogP contribution in [0.4, 0.5) is 0 Å². The van der Waals surface area contributed by atoms with Gasteiger partial charge in [0.1, 0.15) is 12.2 Å². The van der Waals surface area contributed by atoms with Gasteiger partial charge in [-0.3, -0.25) is 0 Å². The Kier molecular flexibility index (Phi) is 6.98. The van der Waals surface area contributed by atoms with Crippen LogP contribution in [-0.2, 0) is 32.2 Å². The van der Waals surface area contributed by atoms with Crippen molar-refractivity contribution in [1.82, 2.24) is 0 Å². The molecule has 3 fully saturated rings. The predicted octanol–water partition coefficient (Wildman–Crippen LogP) is 4.45. The molecule has 6 atom stereocenters. The summed E-state index contributed by atoms with van der Waals surface area (Å²) in [6.45, 7) is 2.02. The summed E-state index contributed by atoms with van der Waals surface area (Å²) in [4.78, 5) is 0.111. The molecule has 5 rings (SSSR count). The maximum Gasteiger partial charge on any atom is 0.170 e. The Hall–Kier alpha value is -1.28. The van der Waals surface area contributed by atoms with Crippen LogP contribution in [0.5, 0.6) is 0 Å². The van der Waals surface area contributed by atoms with Crippen molar-refractivity contribution in [2.75, 3.05) is 13.2 Å². The van der Waals surface area contributed by atoms with Crippen molar-refractivity contribution in [3.63, 3.8) is 0 Å². The van der Waals surface area contributed by atoms with Crippen molar-refractivity contribution in [3.8, 4) is 0 Å². The monoisotopic (exact) mass is 502 g/mol. The number of halogens is 1. The second-order valence-corrected chi connectivity index (χ2v) is 10.4. The molecule has 1 N–H and O–H groups in total. The highest BCUT2D eigenvalue weighted by Gasteiger charge is 2.59. The van der Waals surface area contributed by atoms with Gasteiger partial charge in [0.15, 0.2) is 5.79 Å². The van der Waals surface area contributed by atoms with Crippen LogP contribution in [0.2, 0.25) is 0 Å². The molecule has 172 valence electrons. The van der Waals surface area contributed by atoms with Crippen LogP contribution in [-0.4, -0.2) is 47.2 Å². The Bertz CT molecular complexity index is 810. The summed E-state index contributed by atoms with van der Waals surface area (Å²) in [5.41, 5.74) is 2.29. The molecule has 3 aliphatic rings. The molecule has 0 aromatic heterocycles. The van der Waals surface area contributed by atoms with Crippen molar-refractivity contribution in [3.05, 3.63) is 71.8 Å². The van der Waals surface area contributed by atoms with Crippen LogP contribution in [0.1, 0.15) is 30.4 Å². The lowest BCUT2D eigenvalue weighted by molar-refractivity contribution is -0.181. The van der Waals surface area contributed by atoms with E-state index in [2.05, 4.69) is 40.2 Å². The van der Waals surface area contributed by atoms with Gasteiger partial charge in [-0.2, -0.15) is 0 Å². The topological polar surface area (TPSA) is 57.2 Å². The first-order valence-electron chi connectivity index (χ1n) is 11.5. The van der Waals surface area contributed by atoms with E-state index in [9.17, 15) is 5.11 Å². The van der Waals surface area contributed by atoms with Crippen LogP contribution in [0, 0.1) is 11.8 Å². The molecular formula is C26H31BrO5. The molecule has 2 aromatic carbocycles. The van der Waals surface area contributed by atoms with Crippen LogP contribution >= 0.6 is 15.9 Å². The van der Waals surface area contributed by atoms with Gasteiger partial charge >= 0.3 is 0 Å². The van der Waals surface area contributed by atoms with E-state index in [4.69, 9.17) is 18.9 Å². The van der Waals surface area contributed by atoms with Gasteiger partial charge in [0.25, 0.3) is 0 Å². The van der Waals surface area contributed by atoms with Crippen LogP contribution in [0.15, 0.2) is 60.7 Å². The molecule has 2 aliphatic carbocycles.